The van der Waals surface area contributed by atoms with Crippen LogP contribution in [0.2, 0.25) is 0 Å². The van der Waals surface area contributed by atoms with E-state index < -0.39 is 0 Å². The third kappa shape index (κ3) is 4.51. The summed E-state index contributed by atoms with van der Waals surface area (Å²) in [5.41, 5.74) is 2.86. The smallest absolute Gasteiger partial charge is 0.299 e. The third-order valence-electron chi connectivity index (χ3n) is 5.82. The summed E-state index contributed by atoms with van der Waals surface area (Å²) in [6.07, 6.45) is 2.08. The van der Waals surface area contributed by atoms with Crippen LogP contribution < -0.4 is 20.3 Å². The average Bonchev–Trinajstić information content (AvgIpc) is 2.85. The maximum absolute atomic E-state index is 13.5. The topological polar surface area (TPSA) is 89.2 Å². The van der Waals surface area contributed by atoms with Crippen LogP contribution >= 0.6 is 0 Å². The largest absolute Gasteiger partial charge is 0.497 e. The van der Waals surface area contributed by atoms with Crippen LogP contribution in [0, 0.1) is 17.2 Å². The summed E-state index contributed by atoms with van der Waals surface area (Å²) in [7, 11) is 3.29. The number of aromatic nitrogens is 2. The molecule has 2 aromatic carbocycles. The molecule has 2 heterocycles. The van der Waals surface area contributed by atoms with Crippen molar-refractivity contribution in [2.45, 2.75) is 12.8 Å². The van der Waals surface area contributed by atoms with Gasteiger partial charge < -0.3 is 14.8 Å². The Morgan fingerprint density at radius 2 is 1.75 bits per heavy atom. The number of ether oxygens (including phenoxy) is 2. The lowest BCUT2D eigenvalue weighted by molar-refractivity contribution is 0.195. The minimum atomic E-state index is -0.190. The maximum Gasteiger partial charge on any atom is 0.299 e. The Bertz CT molecular complexity index is 1170. The Balaban J connectivity index is 1.79. The van der Waals surface area contributed by atoms with E-state index in [0.717, 1.165) is 37.1 Å². The number of nitrogens with one attached hydrogen (secondary N) is 1. The molecule has 0 unspecified atom stereocenters. The molecule has 0 saturated carbocycles. The molecule has 1 aliphatic heterocycles. The van der Waals surface area contributed by atoms with Gasteiger partial charge in [0.2, 0.25) is 0 Å². The molecule has 1 N–H and O–H groups in total. The lowest BCUT2D eigenvalue weighted by Gasteiger charge is -2.23. The highest BCUT2D eigenvalue weighted by Gasteiger charge is 2.21. The van der Waals surface area contributed by atoms with Crippen LogP contribution in [0.15, 0.2) is 53.3 Å². The molecule has 1 saturated heterocycles. The molecular weight excluding hydrogens is 404 g/mol. The molecule has 0 spiro atoms. The van der Waals surface area contributed by atoms with E-state index in [1.807, 2.05) is 36.4 Å². The van der Waals surface area contributed by atoms with Gasteiger partial charge in [-0.25, -0.2) is 0 Å². The zero-order valence-electron chi connectivity index (χ0n) is 18.3. The van der Waals surface area contributed by atoms with Crippen molar-refractivity contribution in [1.82, 2.24) is 14.9 Å². The van der Waals surface area contributed by atoms with Crippen molar-refractivity contribution in [2.75, 3.05) is 26.8 Å². The van der Waals surface area contributed by atoms with E-state index in [1.165, 1.54) is 4.57 Å². The zero-order valence-corrected chi connectivity index (χ0v) is 18.3. The first kappa shape index (κ1) is 21.6. The fourth-order valence-electron chi connectivity index (χ4n) is 3.88. The highest BCUT2D eigenvalue weighted by atomic mass is 16.5. The van der Waals surface area contributed by atoms with Gasteiger partial charge in [-0.3, -0.25) is 9.36 Å². The quantitative estimate of drug-likeness (QED) is 0.645. The summed E-state index contributed by atoms with van der Waals surface area (Å²) in [6.45, 7) is 2.48. The lowest BCUT2D eigenvalue weighted by atomic mass is 9.99. The first-order valence-electron chi connectivity index (χ1n) is 10.7. The molecule has 7 heteroatoms. The molecule has 0 aliphatic carbocycles. The second-order valence-corrected chi connectivity index (χ2v) is 7.90. The second-order valence-electron chi connectivity index (χ2n) is 7.90. The predicted molar refractivity (Wildman–Crippen MR) is 123 cm³/mol. The fourth-order valence-corrected chi connectivity index (χ4v) is 3.88. The normalized spacial score (nSPS) is 14.0. The molecule has 32 heavy (non-hydrogen) atoms. The first-order chi connectivity index (χ1) is 15.6. The summed E-state index contributed by atoms with van der Waals surface area (Å²) < 4.78 is 12.8. The molecule has 3 aromatic rings. The molecule has 1 aromatic heterocycles. The third-order valence-corrected chi connectivity index (χ3v) is 5.82. The van der Waals surface area contributed by atoms with Crippen molar-refractivity contribution in [2.24, 2.45) is 13.0 Å². The lowest BCUT2D eigenvalue weighted by Crippen LogP contribution is -2.31. The number of nitrogens with zero attached hydrogens (tertiary/aromatic N) is 3. The number of methoxy groups -OCH3 is 1. The van der Waals surface area contributed by atoms with Gasteiger partial charge in [-0.2, -0.15) is 10.2 Å². The van der Waals surface area contributed by atoms with Gasteiger partial charge >= 0.3 is 0 Å². The summed E-state index contributed by atoms with van der Waals surface area (Å²) in [6, 6.07) is 16.8. The van der Waals surface area contributed by atoms with Crippen molar-refractivity contribution in [1.29, 1.82) is 5.26 Å². The Kier molecular flexibility index (Phi) is 6.52. The van der Waals surface area contributed by atoms with Crippen molar-refractivity contribution in [3.05, 3.63) is 64.4 Å². The standard InChI is InChI=1S/C25H26N4O3/c1-29-24(30)22(19-7-9-21(31-2)10-8-19)23(20-5-3-17(15-26)4-6-20)28-25(29)32-16-18-11-13-27-14-12-18/h3-10,18,27H,11-14,16H2,1-2H3. The number of hydrogen-bond acceptors (Lipinski definition) is 6. The summed E-state index contributed by atoms with van der Waals surface area (Å²) >= 11 is 0. The van der Waals surface area contributed by atoms with Crippen LogP contribution in [0.5, 0.6) is 11.8 Å². The average molecular weight is 431 g/mol. The van der Waals surface area contributed by atoms with Crippen LogP contribution in [0.1, 0.15) is 18.4 Å². The Morgan fingerprint density at radius 3 is 2.38 bits per heavy atom. The van der Waals surface area contributed by atoms with Gasteiger partial charge in [-0.15, -0.1) is 0 Å². The molecule has 0 atom stereocenters. The van der Waals surface area contributed by atoms with Gasteiger partial charge in [-0.05, 0) is 61.7 Å². The Labute approximate surface area is 187 Å². The molecule has 0 bridgehead atoms. The molecule has 0 amide bonds. The van der Waals surface area contributed by atoms with Crippen molar-refractivity contribution >= 4 is 0 Å². The SMILES string of the molecule is COc1ccc(-c2c(-c3ccc(C#N)cc3)nc(OCC3CCNCC3)n(C)c2=O)cc1. The van der Waals surface area contributed by atoms with Crippen LogP contribution in [0.3, 0.4) is 0 Å². The van der Waals surface area contributed by atoms with Gasteiger partial charge in [0.1, 0.15) is 5.75 Å². The fraction of sp³-hybridized carbons (Fsp3) is 0.320. The number of nitriles is 1. The van der Waals surface area contributed by atoms with Gasteiger partial charge in [0, 0.05) is 12.6 Å². The van der Waals surface area contributed by atoms with E-state index >= 15 is 0 Å². The summed E-state index contributed by atoms with van der Waals surface area (Å²) in [5.74, 6) is 1.15. The van der Waals surface area contributed by atoms with Crippen LogP contribution in [-0.4, -0.2) is 36.4 Å². The van der Waals surface area contributed by atoms with Crippen molar-refractivity contribution < 1.29 is 9.47 Å². The molecule has 7 nitrogen and oxygen atoms in total. The molecule has 164 valence electrons. The monoisotopic (exact) mass is 430 g/mol. The minimum Gasteiger partial charge on any atom is -0.497 e. The van der Waals surface area contributed by atoms with Crippen molar-refractivity contribution in [3.8, 4) is 40.2 Å². The predicted octanol–water partition coefficient (Wildman–Crippen LogP) is 3.37. The molecule has 1 aliphatic rings. The number of piperidine rings is 1. The van der Waals surface area contributed by atoms with Crippen LogP contribution in [0.4, 0.5) is 0 Å². The molecule has 4 rings (SSSR count). The van der Waals surface area contributed by atoms with Gasteiger partial charge in [-0.1, -0.05) is 24.3 Å². The molecular formula is C25H26N4O3. The van der Waals surface area contributed by atoms with E-state index in [9.17, 15) is 4.79 Å². The molecule has 1 fully saturated rings. The first-order valence-corrected chi connectivity index (χ1v) is 10.7. The van der Waals surface area contributed by atoms with E-state index in [2.05, 4.69) is 11.4 Å². The van der Waals surface area contributed by atoms with Crippen molar-refractivity contribution in [3.63, 3.8) is 0 Å². The number of rotatable bonds is 6. The maximum atomic E-state index is 13.5. The van der Waals surface area contributed by atoms with E-state index in [1.54, 1.807) is 26.3 Å². The molecule has 0 radical (unpaired) electrons. The van der Waals surface area contributed by atoms with Crippen LogP contribution in [0.25, 0.3) is 22.4 Å². The zero-order chi connectivity index (χ0) is 22.5. The van der Waals surface area contributed by atoms with E-state index in [0.29, 0.717) is 41.1 Å². The Hall–Kier alpha value is -3.63. The van der Waals surface area contributed by atoms with Crippen LogP contribution in [-0.2, 0) is 7.05 Å². The second kappa shape index (κ2) is 9.67. The van der Waals surface area contributed by atoms with Gasteiger partial charge in [0.05, 0.1) is 36.6 Å². The highest BCUT2D eigenvalue weighted by molar-refractivity contribution is 5.80. The highest BCUT2D eigenvalue weighted by Crippen LogP contribution is 2.31. The van der Waals surface area contributed by atoms with E-state index in [-0.39, 0.29) is 5.56 Å². The number of hydrogen-bond donors (Lipinski definition) is 1. The summed E-state index contributed by atoms with van der Waals surface area (Å²) in [5, 5.41) is 12.5. The van der Waals surface area contributed by atoms with Gasteiger partial charge in [0.15, 0.2) is 0 Å². The van der Waals surface area contributed by atoms with Gasteiger partial charge in [0.25, 0.3) is 11.6 Å². The van der Waals surface area contributed by atoms with E-state index in [4.69, 9.17) is 19.7 Å². The number of benzene rings is 2. The Morgan fingerprint density at radius 1 is 1.09 bits per heavy atom. The summed E-state index contributed by atoms with van der Waals surface area (Å²) in [4.78, 5) is 18.2. The minimum absolute atomic E-state index is 0.190.